The highest BCUT2D eigenvalue weighted by Crippen LogP contribution is 2.28. The number of hydrogen-bond donors (Lipinski definition) is 1. The zero-order valence-electron chi connectivity index (χ0n) is 10.3. The van der Waals surface area contributed by atoms with Crippen LogP contribution < -0.4 is 5.32 Å². The van der Waals surface area contributed by atoms with Gasteiger partial charge in [-0.05, 0) is 30.0 Å². The van der Waals surface area contributed by atoms with E-state index in [9.17, 15) is 0 Å². The molecule has 0 bridgehead atoms. The Bertz CT molecular complexity index is 528. The SMILES string of the molecule is CCCC(Nc1cccnc1C#N)c1cccs1. The molecule has 3 nitrogen and oxygen atoms in total. The Labute approximate surface area is 111 Å². The lowest BCUT2D eigenvalue weighted by Crippen LogP contribution is -2.10. The van der Waals surface area contributed by atoms with Gasteiger partial charge in [0.25, 0.3) is 0 Å². The van der Waals surface area contributed by atoms with Crippen LogP contribution in [0.15, 0.2) is 35.8 Å². The monoisotopic (exact) mass is 257 g/mol. The number of aromatic nitrogens is 1. The Kier molecular flexibility index (Phi) is 4.32. The molecule has 0 aromatic carbocycles. The summed E-state index contributed by atoms with van der Waals surface area (Å²) >= 11 is 1.74. The number of rotatable bonds is 5. The van der Waals surface area contributed by atoms with E-state index in [-0.39, 0.29) is 6.04 Å². The van der Waals surface area contributed by atoms with Crippen molar-refractivity contribution in [2.45, 2.75) is 25.8 Å². The minimum Gasteiger partial charge on any atom is -0.375 e. The van der Waals surface area contributed by atoms with Crippen LogP contribution in [0.25, 0.3) is 0 Å². The lowest BCUT2D eigenvalue weighted by atomic mass is 10.1. The summed E-state index contributed by atoms with van der Waals surface area (Å²) in [5.41, 5.74) is 1.27. The van der Waals surface area contributed by atoms with Gasteiger partial charge in [0.1, 0.15) is 6.07 Å². The first-order valence-electron chi connectivity index (χ1n) is 6.00. The Hall–Kier alpha value is -1.86. The second-order valence-electron chi connectivity index (χ2n) is 4.01. The van der Waals surface area contributed by atoms with Crippen molar-refractivity contribution in [2.75, 3.05) is 5.32 Å². The molecule has 18 heavy (non-hydrogen) atoms. The van der Waals surface area contributed by atoms with Crippen LogP contribution in [0.2, 0.25) is 0 Å². The van der Waals surface area contributed by atoms with Gasteiger partial charge in [-0.1, -0.05) is 19.4 Å². The van der Waals surface area contributed by atoms with Crippen molar-refractivity contribution >= 4 is 17.0 Å². The van der Waals surface area contributed by atoms with Crippen LogP contribution >= 0.6 is 11.3 Å². The van der Waals surface area contributed by atoms with Crippen molar-refractivity contribution in [2.24, 2.45) is 0 Å². The predicted molar refractivity (Wildman–Crippen MR) is 74.5 cm³/mol. The minimum absolute atomic E-state index is 0.256. The molecule has 2 heterocycles. The summed E-state index contributed by atoms with van der Waals surface area (Å²) < 4.78 is 0. The summed E-state index contributed by atoms with van der Waals surface area (Å²) in [6.07, 6.45) is 3.78. The molecule has 2 aromatic heterocycles. The molecule has 0 radical (unpaired) electrons. The van der Waals surface area contributed by atoms with Gasteiger partial charge in [0.15, 0.2) is 5.69 Å². The standard InChI is InChI=1S/C14H15N3S/c1-2-5-12(14-7-4-9-18-14)17-11-6-3-8-16-13(11)10-15/h3-4,6-9,12,17H,2,5H2,1H3. The smallest absolute Gasteiger partial charge is 0.163 e. The predicted octanol–water partition coefficient (Wildman–Crippen LogP) is 3.97. The van der Waals surface area contributed by atoms with Gasteiger partial charge in [-0.2, -0.15) is 5.26 Å². The molecule has 0 aliphatic heterocycles. The first kappa shape index (κ1) is 12.6. The van der Waals surface area contributed by atoms with Crippen LogP contribution in [0.3, 0.4) is 0 Å². The van der Waals surface area contributed by atoms with Crippen LogP contribution in [0, 0.1) is 11.3 Å². The lowest BCUT2D eigenvalue weighted by molar-refractivity contribution is 0.687. The molecule has 2 rings (SSSR count). The van der Waals surface area contributed by atoms with Gasteiger partial charge in [-0.15, -0.1) is 11.3 Å². The number of pyridine rings is 1. The zero-order chi connectivity index (χ0) is 12.8. The van der Waals surface area contributed by atoms with Crippen LogP contribution in [-0.2, 0) is 0 Å². The molecule has 4 heteroatoms. The molecule has 0 saturated carbocycles. The first-order chi connectivity index (χ1) is 8.85. The highest BCUT2D eigenvalue weighted by atomic mass is 32.1. The quantitative estimate of drug-likeness (QED) is 0.881. The third-order valence-electron chi connectivity index (χ3n) is 2.71. The maximum absolute atomic E-state index is 9.04. The Morgan fingerprint density at radius 2 is 2.33 bits per heavy atom. The fourth-order valence-corrected chi connectivity index (χ4v) is 2.67. The van der Waals surface area contributed by atoms with Crippen molar-refractivity contribution in [3.05, 3.63) is 46.4 Å². The maximum Gasteiger partial charge on any atom is 0.163 e. The summed E-state index contributed by atoms with van der Waals surface area (Å²) in [6.45, 7) is 2.16. The Morgan fingerprint density at radius 1 is 1.44 bits per heavy atom. The van der Waals surface area contributed by atoms with E-state index in [0.29, 0.717) is 5.69 Å². The molecule has 0 spiro atoms. The summed E-state index contributed by atoms with van der Waals surface area (Å²) in [5, 5.41) is 14.5. The highest BCUT2D eigenvalue weighted by Gasteiger charge is 2.13. The van der Waals surface area contributed by atoms with Crippen LogP contribution in [0.4, 0.5) is 5.69 Å². The third kappa shape index (κ3) is 2.88. The Balaban J connectivity index is 2.22. The molecular formula is C14H15N3S. The highest BCUT2D eigenvalue weighted by molar-refractivity contribution is 7.10. The largest absolute Gasteiger partial charge is 0.375 e. The molecule has 0 saturated heterocycles. The average Bonchev–Trinajstić information content (AvgIpc) is 2.92. The van der Waals surface area contributed by atoms with Crippen molar-refractivity contribution in [3.8, 4) is 6.07 Å². The van der Waals surface area contributed by atoms with Crippen LogP contribution in [0.5, 0.6) is 0 Å². The van der Waals surface area contributed by atoms with Crippen molar-refractivity contribution in [3.63, 3.8) is 0 Å². The summed E-state index contributed by atoms with van der Waals surface area (Å²) in [4.78, 5) is 5.37. The van der Waals surface area contributed by atoms with E-state index in [2.05, 4.69) is 40.8 Å². The second-order valence-corrected chi connectivity index (χ2v) is 4.99. The van der Waals surface area contributed by atoms with E-state index < -0.39 is 0 Å². The molecule has 0 fully saturated rings. The van der Waals surface area contributed by atoms with E-state index in [1.54, 1.807) is 17.5 Å². The van der Waals surface area contributed by atoms with E-state index in [1.807, 2.05) is 12.1 Å². The van der Waals surface area contributed by atoms with E-state index in [4.69, 9.17) is 5.26 Å². The number of hydrogen-bond acceptors (Lipinski definition) is 4. The molecule has 1 atom stereocenters. The number of nitriles is 1. The molecule has 2 aromatic rings. The third-order valence-corrected chi connectivity index (χ3v) is 3.69. The van der Waals surface area contributed by atoms with Crippen molar-refractivity contribution < 1.29 is 0 Å². The second kappa shape index (κ2) is 6.18. The van der Waals surface area contributed by atoms with E-state index >= 15 is 0 Å². The molecule has 1 N–H and O–H groups in total. The number of anilines is 1. The molecule has 0 aliphatic rings. The number of nitrogens with one attached hydrogen (secondary N) is 1. The topological polar surface area (TPSA) is 48.7 Å². The summed E-state index contributed by atoms with van der Waals surface area (Å²) in [6, 6.07) is 10.3. The van der Waals surface area contributed by atoms with Crippen molar-refractivity contribution in [1.82, 2.24) is 4.98 Å². The zero-order valence-corrected chi connectivity index (χ0v) is 11.1. The van der Waals surface area contributed by atoms with E-state index in [0.717, 1.165) is 18.5 Å². The normalized spacial score (nSPS) is 11.8. The lowest BCUT2D eigenvalue weighted by Gasteiger charge is -2.18. The fourth-order valence-electron chi connectivity index (χ4n) is 1.86. The first-order valence-corrected chi connectivity index (χ1v) is 6.88. The van der Waals surface area contributed by atoms with Gasteiger partial charge in [-0.25, -0.2) is 4.98 Å². The fraction of sp³-hybridized carbons (Fsp3) is 0.286. The van der Waals surface area contributed by atoms with Crippen LogP contribution in [0.1, 0.15) is 36.4 Å². The van der Waals surface area contributed by atoms with Gasteiger partial charge in [0, 0.05) is 11.1 Å². The van der Waals surface area contributed by atoms with Crippen LogP contribution in [-0.4, -0.2) is 4.98 Å². The van der Waals surface area contributed by atoms with Gasteiger partial charge >= 0.3 is 0 Å². The van der Waals surface area contributed by atoms with Gasteiger partial charge in [0.05, 0.1) is 11.7 Å². The van der Waals surface area contributed by atoms with Gasteiger partial charge in [-0.3, -0.25) is 0 Å². The molecule has 0 aliphatic carbocycles. The van der Waals surface area contributed by atoms with Crippen molar-refractivity contribution in [1.29, 1.82) is 5.26 Å². The molecular weight excluding hydrogens is 242 g/mol. The molecule has 0 amide bonds. The number of nitrogens with zero attached hydrogens (tertiary/aromatic N) is 2. The van der Waals surface area contributed by atoms with E-state index in [1.165, 1.54) is 4.88 Å². The average molecular weight is 257 g/mol. The molecule has 92 valence electrons. The minimum atomic E-state index is 0.256. The number of thiophene rings is 1. The Morgan fingerprint density at radius 3 is 3.00 bits per heavy atom. The van der Waals surface area contributed by atoms with Gasteiger partial charge in [0.2, 0.25) is 0 Å². The summed E-state index contributed by atoms with van der Waals surface area (Å²) in [5.74, 6) is 0. The maximum atomic E-state index is 9.04. The molecule has 1 unspecified atom stereocenters. The van der Waals surface area contributed by atoms with Gasteiger partial charge < -0.3 is 5.32 Å². The summed E-state index contributed by atoms with van der Waals surface area (Å²) in [7, 11) is 0.